The summed E-state index contributed by atoms with van der Waals surface area (Å²) < 4.78 is 10.7. The molecule has 1 rings (SSSR count). The Balaban J connectivity index is 2.88. The molecule has 0 atom stereocenters. The number of ether oxygens (including phenoxy) is 2. The maximum Gasteiger partial charge on any atom is 0.128 e. The summed E-state index contributed by atoms with van der Waals surface area (Å²) in [5.74, 6) is 1.82. The predicted molar refractivity (Wildman–Crippen MR) is 66.5 cm³/mol. The molecule has 0 radical (unpaired) electrons. The van der Waals surface area contributed by atoms with Crippen LogP contribution in [0.2, 0.25) is 0 Å². The van der Waals surface area contributed by atoms with Gasteiger partial charge in [0, 0.05) is 5.56 Å². The fourth-order valence-corrected chi connectivity index (χ4v) is 1.83. The zero-order valence-electron chi connectivity index (χ0n) is 10.6. The number of likely N-dealkylation sites (N-methyl/N-ethyl adjacent to an activating group) is 1. The molecule has 0 saturated carbocycles. The van der Waals surface area contributed by atoms with E-state index in [9.17, 15) is 0 Å². The highest BCUT2D eigenvalue weighted by atomic mass is 16.5. The number of hydrogen-bond donors (Lipinski definition) is 1. The highest BCUT2D eigenvalue weighted by molar-refractivity contribution is 5.49. The summed E-state index contributed by atoms with van der Waals surface area (Å²) in [4.78, 5) is 0. The fourth-order valence-electron chi connectivity index (χ4n) is 1.83. The summed E-state index contributed by atoms with van der Waals surface area (Å²) in [6.07, 6.45) is 0.974. The molecule has 0 aliphatic rings. The van der Waals surface area contributed by atoms with E-state index in [1.54, 1.807) is 14.2 Å². The van der Waals surface area contributed by atoms with Gasteiger partial charge in [0.05, 0.1) is 14.2 Å². The smallest absolute Gasteiger partial charge is 0.128 e. The zero-order valence-corrected chi connectivity index (χ0v) is 10.6. The van der Waals surface area contributed by atoms with Crippen LogP contribution in [0.1, 0.15) is 18.1 Å². The van der Waals surface area contributed by atoms with Crippen molar-refractivity contribution in [2.24, 2.45) is 0 Å². The Labute approximate surface area is 97.8 Å². The average Bonchev–Trinajstić information content (AvgIpc) is 2.30. The van der Waals surface area contributed by atoms with E-state index < -0.39 is 0 Å². The van der Waals surface area contributed by atoms with Crippen LogP contribution in [0.25, 0.3) is 0 Å². The third-order valence-corrected chi connectivity index (χ3v) is 2.68. The van der Waals surface area contributed by atoms with E-state index in [0.717, 1.165) is 36.6 Å². The van der Waals surface area contributed by atoms with Gasteiger partial charge in [-0.1, -0.05) is 13.0 Å². The van der Waals surface area contributed by atoms with Crippen LogP contribution in [-0.2, 0) is 6.42 Å². The molecule has 0 aliphatic carbocycles. The normalized spacial score (nSPS) is 10.2. The maximum absolute atomic E-state index is 5.44. The van der Waals surface area contributed by atoms with Crippen LogP contribution in [0.3, 0.4) is 0 Å². The molecule has 16 heavy (non-hydrogen) atoms. The van der Waals surface area contributed by atoms with Crippen molar-refractivity contribution in [2.45, 2.75) is 20.3 Å². The van der Waals surface area contributed by atoms with Gasteiger partial charge in [-0.3, -0.25) is 0 Å². The van der Waals surface area contributed by atoms with Crippen LogP contribution in [0.5, 0.6) is 11.5 Å². The second kappa shape index (κ2) is 6.38. The van der Waals surface area contributed by atoms with Gasteiger partial charge >= 0.3 is 0 Å². The predicted octanol–water partition coefficient (Wildman–Crippen LogP) is 2.16. The van der Waals surface area contributed by atoms with Crippen molar-refractivity contribution in [1.82, 2.24) is 5.32 Å². The summed E-state index contributed by atoms with van der Waals surface area (Å²) in [7, 11) is 3.39. The molecule has 0 heterocycles. The second-order valence-electron chi connectivity index (χ2n) is 3.69. The van der Waals surface area contributed by atoms with E-state index in [-0.39, 0.29) is 0 Å². The van der Waals surface area contributed by atoms with Crippen molar-refractivity contribution in [3.8, 4) is 11.5 Å². The first-order valence-corrected chi connectivity index (χ1v) is 5.65. The van der Waals surface area contributed by atoms with Crippen LogP contribution in [0, 0.1) is 6.92 Å². The molecule has 0 spiro atoms. The largest absolute Gasteiger partial charge is 0.496 e. The third kappa shape index (κ3) is 2.89. The van der Waals surface area contributed by atoms with Gasteiger partial charge in [-0.25, -0.2) is 0 Å². The molecule has 0 fully saturated rings. The van der Waals surface area contributed by atoms with E-state index in [1.807, 2.05) is 13.0 Å². The molecule has 1 N–H and O–H groups in total. The average molecular weight is 223 g/mol. The molecule has 0 aliphatic heterocycles. The van der Waals surface area contributed by atoms with Crippen molar-refractivity contribution in [1.29, 1.82) is 0 Å². The lowest BCUT2D eigenvalue weighted by atomic mass is 10.1. The number of methoxy groups -OCH3 is 2. The highest BCUT2D eigenvalue weighted by Gasteiger charge is 2.10. The summed E-state index contributed by atoms with van der Waals surface area (Å²) in [6, 6.07) is 4.07. The van der Waals surface area contributed by atoms with Crippen LogP contribution in [0.4, 0.5) is 0 Å². The first-order valence-electron chi connectivity index (χ1n) is 5.65. The van der Waals surface area contributed by atoms with E-state index in [1.165, 1.54) is 5.56 Å². The third-order valence-electron chi connectivity index (χ3n) is 2.68. The van der Waals surface area contributed by atoms with Crippen LogP contribution in [0.15, 0.2) is 12.1 Å². The van der Waals surface area contributed by atoms with Gasteiger partial charge in [0.25, 0.3) is 0 Å². The number of hydrogen-bond acceptors (Lipinski definition) is 3. The van der Waals surface area contributed by atoms with E-state index in [0.29, 0.717) is 0 Å². The Morgan fingerprint density at radius 3 is 2.50 bits per heavy atom. The quantitative estimate of drug-likeness (QED) is 0.750. The summed E-state index contributed by atoms with van der Waals surface area (Å²) in [6.45, 7) is 6.10. The lowest BCUT2D eigenvalue weighted by Crippen LogP contribution is -2.16. The van der Waals surface area contributed by atoms with Crippen LogP contribution >= 0.6 is 0 Å². The van der Waals surface area contributed by atoms with Gasteiger partial charge in [0.2, 0.25) is 0 Å². The van der Waals surface area contributed by atoms with Crippen molar-refractivity contribution >= 4 is 0 Å². The molecule has 0 aromatic heterocycles. The lowest BCUT2D eigenvalue weighted by molar-refractivity contribution is 0.385. The van der Waals surface area contributed by atoms with Crippen molar-refractivity contribution in [2.75, 3.05) is 27.3 Å². The highest BCUT2D eigenvalue weighted by Crippen LogP contribution is 2.31. The monoisotopic (exact) mass is 223 g/mol. The Bertz CT molecular complexity index is 337. The molecular weight excluding hydrogens is 202 g/mol. The topological polar surface area (TPSA) is 30.5 Å². The minimum atomic E-state index is 0.879. The summed E-state index contributed by atoms with van der Waals surface area (Å²) in [5, 5.41) is 3.31. The fraction of sp³-hybridized carbons (Fsp3) is 0.538. The van der Waals surface area contributed by atoms with E-state index in [2.05, 4.69) is 18.3 Å². The van der Waals surface area contributed by atoms with Crippen molar-refractivity contribution < 1.29 is 9.47 Å². The molecular formula is C13H21NO2. The minimum absolute atomic E-state index is 0.879. The van der Waals surface area contributed by atoms with Gasteiger partial charge in [-0.2, -0.15) is 0 Å². The van der Waals surface area contributed by atoms with Gasteiger partial charge in [0.1, 0.15) is 11.5 Å². The van der Waals surface area contributed by atoms with Crippen molar-refractivity contribution in [3.63, 3.8) is 0 Å². The number of benzene rings is 1. The zero-order chi connectivity index (χ0) is 12.0. The lowest BCUT2D eigenvalue weighted by Gasteiger charge is -2.14. The van der Waals surface area contributed by atoms with Crippen LogP contribution in [-0.4, -0.2) is 27.3 Å². The molecule has 0 unspecified atom stereocenters. The Morgan fingerprint density at radius 2 is 1.94 bits per heavy atom. The van der Waals surface area contributed by atoms with Crippen LogP contribution < -0.4 is 14.8 Å². The molecule has 0 bridgehead atoms. The van der Waals surface area contributed by atoms with Crippen molar-refractivity contribution in [3.05, 3.63) is 23.3 Å². The number of nitrogens with one attached hydrogen (secondary N) is 1. The Morgan fingerprint density at radius 1 is 1.19 bits per heavy atom. The Kier molecular flexibility index (Phi) is 5.12. The number of rotatable bonds is 6. The molecule has 0 saturated heterocycles. The molecule has 1 aromatic carbocycles. The standard InChI is InChI=1S/C13H21NO2/c1-5-14-9-8-11-6-7-12(15-3)10(2)13(11)16-4/h6-7,14H,5,8-9H2,1-4H3. The second-order valence-corrected chi connectivity index (χ2v) is 3.69. The molecule has 3 nitrogen and oxygen atoms in total. The maximum atomic E-state index is 5.44. The first-order chi connectivity index (χ1) is 7.74. The SMILES string of the molecule is CCNCCc1ccc(OC)c(C)c1OC. The summed E-state index contributed by atoms with van der Waals surface area (Å²) >= 11 is 0. The molecule has 0 amide bonds. The first kappa shape index (κ1) is 12.8. The van der Waals surface area contributed by atoms with E-state index in [4.69, 9.17) is 9.47 Å². The molecule has 90 valence electrons. The van der Waals surface area contributed by atoms with Gasteiger partial charge in [-0.15, -0.1) is 0 Å². The van der Waals surface area contributed by atoms with Gasteiger partial charge in [0.15, 0.2) is 0 Å². The van der Waals surface area contributed by atoms with Gasteiger partial charge < -0.3 is 14.8 Å². The molecule has 1 aromatic rings. The summed E-state index contributed by atoms with van der Waals surface area (Å²) in [5.41, 5.74) is 2.29. The molecule has 3 heteroatoms. The van der Waals surface area contributed by atoms with Gasteiger partial charge in [-0.05, 0) is 38.1 Å². The van der Waals surface area contributed by atoms with E-state index >= 15 is 0 Å². The minimum Gasteiger partial charge on any atom is -0.496 e. The Hall–Kier alpha value is -1.22.